The Morgan fingerprint density at radius 1 is 1.33 bits per heavy atom. The molecule has 1 aromatic carbocycles. The van der Waals surface area contributed by atoms with Gasteiger partial charge in [0.15, 0.2) is 9.84 Å². The summed E-state index contributed by atoms with van der Waals surface area (Å²) in [6, 6.07) is 6.71. The molecule has 1 aliphatic heterocycles. The van der Waals surface area contributed by atoms with Crippen molar-refractivity contribution in [2.75, 3.05) is 5.75 Å². The Morgan fingerprint density at radius 2 is 2.00 bits per heavy atom. The van der Waals surface area contributed by atoms with Crippen LogP contribution in [-0.2, 0) is 16.3 Å². The molecule has 2 rings (SSSR count). The molecule has 4 heteroatoms. The lowest BCUT2D eigenvalue weighted by Gasteiger charge is -1.96. The third-order valence-corrected chi connectivity index (χ3v) is 3.97. The summed E-state index contributed by atoms with van der Waals surface area (Å²) >= 11 is 0. The van der Waals surface area contributed by atoms with Gasteiger partial charge >= 0.3 is 0 Å². The van der Waals surface area contributed by atoms with E-state index < -0.39 is 9.84 Å². The summed E-state index contributed by atoms with van der Waals surface area (Å²) in [5.74, 6) is 0.178. The highest BCUT2D eigenvalue weighted by Crippen LogP contribution is 2.26. The molecule has 80 valence electrons. The van der Waals surface area contributed by atoms with Gasteiger partial charge in [-0.25, -0.2) is 8.42 Å². The van der Waals surface area contributed by atoms with Crippen LogP contribution in [0.25, 0.3) is 0 Å². The van der Waals surface area contributed by atoms with E-state index in [1.165, 1.54) is 6.07 Å². The van der Waals surface area contributed by atoms with Crippen molar-refractivity contribution in [2.45, 2.75) is 25.2 Å². The first-order valence-corrected chi connectivity index (χ1v) is 6.54. The molecule has 0 saturated heterocycles. The van der Waals surface area contributed by atoms with Crippen molar-refractivity contribution in [1.29, 1.82) is 5.26 Å². The van der Waals surface area contributed by atoms with Crippen LogP contribution >= 0.6 is 0 Å². The lowest BCUT2D eigenvalue weighted by atomic mass is 10.1. The molecule has 1 heterocycles. The van der Waals surface area contributed by atoms with Crippen LogP contribution in [0, 0.1) is 11.3 Å². The van der Waals surface area contributed by atoms with Gasteiger partial charge in [0.05, 0.1) is 22.3 Å². The SMILES string of the molecule is CC.N#Cc1ccc2c(c1)CCS2(=O)=O. The predicted octanol–water partition coefficient (Wildman–Crippen LogP) is 1.91. The fourth-order valence-electron chi connectivity index (χ4n) is 1.50. The highest BCUT2D eigenvalue weighted by Gasteiger charge is 2.25. The number of rotatable bonds is 0. The summed E-state index contributed by atoms with van der Waals surface area (Å²) in [4.78, 5) is 0.395. The van der Waals surface area contributed by atoms with E-state index in [1.54, 1.807) is 12.1 Å². The van der Waals surface area contributed by atoms with Gasteiger partial charge in [-0.1, -0.05) is 13.8 Å². The number of hydrogen-bond acceptors (Lipinski definition) is 3. The zero-order valence-electron chi connectivity index (χ0n) is 8.82. The maximum Gasteiger partial charge on any atom is 0.178 e. The van der Waals surface area contributed by atoms with Crippen LogP contribution in [0.4, 0.5) is 0 Å². The smallest absolute Gasteiger partial charge is 0.178 e. The van der Waals surface area contributed by atoms with E-state index in [0.717, 1.165) is 5.56 Å². The molecule has 1 aromatic rings. The second kappa shape index (κ2) is 4.45. The molecule has 0 spiro atoms. The fraction of sp³-hybridized carbons (Fsp3) is 0.364. The zero-order valence-corrected chi connectivity index (χ0v) is 9.63. The Bertz CT molecular complexity index is 498. The Labute approximate surface area is 90.3 Å². The van der Waals surface area contributed by atoms with E-state index in [1.807, 2.05) is 19.9 Å². The topological polar surface area (TPSA) is 57.9 Å². The third-order valence-electron chi connectivity index (χ3n) is 2.16. The van der Waals surface area contributed by atoms with Crippen LogP contribution in [0.5, 0.6) is 0 Å². The van der Waals surface area contributed by atoms with Crippen molar-refractivity contribution in [3.63, 3.8) is 0 Å². The summed E-state index contributed by atoms with van der Waals surface area (Å²) in [5.41, 5.74) is 1.30. The van der Waals surface area contributed by atoms with Crippen molar-refractivity contribution in [2.24, 2.45) is 0 Å². The van der Waals surface area contributed by atoms with Gasteiger partial charge in [0, 0.05) is 0 Å². The molecule has 0 aliphatic carbocycles. The summed E-state index contributed by atoms with van der Waals surface area (Å²) < 4.78 is 22.7. The minimum Gasteiger partial charge on any atom is -0.224 e. The number of nitriles is 1. The van der Waals surface area contributed by atoms with Crippen LogP contribution in [0.15, 0.2) is 23.1 Å². The zero-order chi connectivity index (χ0) is 11.5. The quantitative estimate of drug-likeness (QED) is 0.675. The average Bonchev–Trinajstić information content (AvgIpc) is 2.57. The number of sulfone groups is 1. The highest BCUT2D eigenvalue weighted by atomic mass is 32.2. The van der Waals surface area contributed by atoms with Gasteiger partial charge in [-0.15, -0.1) is 0 Å². The van der Waals surface area contributed by atoms with E-state index in [4.69, 9.17) is 5.26 Å². The molecule has 0 radical (unpaired) electrons. The first kappa shape index (κ1) is 11.7. The number of nitrogens with zero attached hydrogens (tertiary/aromatic N) is 1. The van der Waals surface area contributed by atoms with Gasteiger partial charge in [0.2, 0.25) is 0 Å². The van der Waals surface area contributed by atoms with Crippen LogP contribution in [0.2, 0.25) is 0 Å². The molecule has 0 amide bonds. The predicted molar refractivity (Wildman–Crippen MR) is 58.3 cm³/mol. The van der Waals surface area contributed by atoms with E-state index in [0.29, 0.717) is 16.9 Å². The van der Waals surface area contributed by atoms with Crippen molar-refractivity contribution in [1.82, 2.24) is 0 Å². The van der Waals surface area contributed by atoms with Crippen molar-refractivity contribution in [3.8, 4) is 6.07 Å². The van der Waals surface area contributed by atoms with Gasteiger partial charge in [0.1, 0.15) is 0 Å². The van der Waals surface area contributed by atoms with Gasteiger partial charge in [-0.3, -0.25) is 0 Å². The second-order valence-electron chi connectivity index (χ2n) is 3.00. The number of aryl methyl sites for hydroxylation is 1. The van der Waals surface area contributed by atoms with E-state index >= 15 is 0 Å². The lowest BCUT2D eigenvalue weighted by molar-refractivity contribution is 0.600. The molecular weight excluding hydrogens is 210 g/mol. The number of hydrogen-bond donors (Lipinski definition) is 0. The normalized spacial score (nSPS) is 15.8. The van der Waals surface area contributed by atoms with Crippen LogP contribution < -0.4 is 0 Å². The lowest BCUT2D eigenvalue weighted by Crippen LogP contribution is -1.98. The largest absolute Gasteiger partial charge is 0.224 e. The molecule has 0 N–H and O–H groups in total. The Balaban J connectivity index is 0.000000531. The Kier molecular flexibility index (Phi) is 3.48. The van der Waals surface area contributed by atoms with Gasteiger partial charge in [0.25, 0.3) is 0 Å². The molecule has 0 bridgehead atoms. The van der Waals surface area contributed by atoms with Crippen LogP contribution in [0.1, 0.15) is 25.0 Å². The first-order valence-electron chi connectivity index (χ1n) is 4.89. The van der Waals surface area contributed by atoms with Crippen LogP contribution in [-0.4, -0.2) is 14.2 Å². The molecule has 0 saturated carbocycles. The highest BCUT2D eigenvalue weighted by molar-refractivity contribution is 7.91. The van der Waals surface area contributed by atoms with Gasteiger partial charge < -0.3 is 0 Å². The Morgan fingerprint density at radius 3 is 2.60 bits per heavy atom. The molecule has 1 aliphatic rings. The average molecular weight is 223 g/mol. The summed E-state index contributed by atoms with van der Waals surface area (Å²) in [5, 5.41) is 8.60. The minimum atomic E-state index is -3.04. The molecule has 0 unspecified atom stereocenters. The standard InChI is InChI=1S/C9H7NO2S.C2H6/c10-6-7-1-2-9-8(5-7)3-4-13(9,11)12;1-2/h1-2,5H,3-4H2;1-2H3. The molecule has 0 aromatic heterocycles. The third kappa shape index (κ3) is 2.18. The Hall–Kier alpha value is -1.34. The first-order chi connectivity index (χ1) is 7.13. The van der Waals surface area contributed by atoms with Gasteiger partial charge in [-0.2, -0.15) is 5.26 Å². The molecule has 3 nitrogen and oxygen atoms in total. The van der Waals surface area contributed by atoms with Crippen molar-refractivity contribution in [3.05, 3.63) is 29.3 Å². The molecular formula is C11H13NO2S. The maximum absolute atomic E-state index is 11.4. The number of fused-ring (bicyclic) bond motifs is 1. The van der Waals surface area contributed by atoms with Crippen LogP contribution in [0.3, 0.4) is 0 Å². The number of benzene rings is 1. The van der Waals surface area contributed by atoms with E-state index in [-0.39, 0.29) is 5.75 Å². The summed E-state index contributed by atoms with van der Waals surface area (Å²) in [6.07, 6.45) is 0.535. The summed E-state index contributed by atoms with van der Waals surface area (Å²) in [7, 11) is -3.04. The maximum atomic E-state index is 11.4. The van der Waals surface area contributed by atoms with Crippen molar-refractivity contribution >= 4 is 9.84 Å². The van der Waals surface area contributed by atoms with E-state index in [9.17, 15) is 8.42 Å². The minimum absolute atomic E-state index is 0.178. The summed E-state index contributed by atoms with van der Waals surface area (Å²) in [6.45, 7) is 4.00. The second-order valence-corrected chi connectivity index (χ2v) is 5.08. The monoisotopic (exact) mass is 223 g/mol. The van der Waals surface area contributed by atoms with Crippen molar-refractivity contribution < 1.29 is 8.42 Å². The molecule has 15 heavy (non-hydrogen) atoms. The molecule has 0 atom stereocenters. The van der Waals surface area contributed by atoms with E-state index in [2.05, 4.69) is 0 Å². The molecule has 0 fully saturated rings. The fourth-order valence-corrected chi connectivity index (χ4v) is 3.05. The van der Waals surface area contributed by atoms with Gasteiger partial charge in [-0.05, 0) is 30.2 Å².